The standard InChI is InChI=1S/C26H21NO7S/c1-29-21-6-4-17(11-23(21)30-2)35-34-26-19-13-27-8-7-16-10-24-25(32-14-31-24)12-18(16)20(27)9-15(19)3-5-22(26)33-28/h3-6,9-13H,7-8,14H2,1-2H3/p+1. The van der Waals surface area contributed by atoms with Gasteiger partial charge in [-0.3, -0.25) is 0 Å². The zero-order valence-electron chi connectivity index (χ0n) is 19.1. The van der Waals surface area contributed by atoms with Gasteiger partial charge in [0, 0.05) is 18.6 Å². The molecule has 35 heavy (non-hydrogen) atoms. The minimum Gasteiger partial charge on any atom is -0.493 e. The number of ether oxygens (including phenoxy) is 4. The van der Waals surface area contributed by atoms with Crippen molar-refractivity contribution in [2.24, 2.45) is 0 Å². The van der Waals surface area contributed by atoms with Crippen molar-refractivity contribution in [1.82, 2.24) is 0 Å². The summed E-state index contributed by atoms with van der Waals surface area (Å²) in [4.78, 5) is 5.46. The first-order chi connectivity index (χ1) is 17.2. The number of nitrogens with zero attached hydrogens (tertiary/aromatic N) is 1. The van der Waals surface area contributed by atoms with Crippen molar-refractivity contribution in [1.29, 1.82) is 0 Å². The number of aromatic nitrogens is 1. The topological polar surface area (TPSA) is 79.5 Å². The Kier molecular flexibility index (Phi) is 5.43. The van der Waals surface area contributed by atoms with Crippen molar-refractivity contribution in [3.63, 3.8) is 0 Å². The highest BCUT2D eigenvalue weighted by Crippen LogP contribution is 2.43. The van der Waals surface area contributed by atoms with Crippen molar-refractivity contribution in [3.8, 4) is 45.8 Å². The van der Waals surface area contributed by atoms with E-state index in [1.807, 2.05) is 36.5 Å². The molecule has 3 heterocycles. The number of rotatable bonds is 6. The maximum atomic E-state index is 9.53. The normalized spacial score (nSPS) is 13.2. The first-order valence-corrected chi connectivity index (χ1v) is 11.7. The average Bonchev–Trinajstić information content (AvgIpc) is 3.36. The van der Waals surface area contributed by atoms with E-state index in [2.05, 4.69) is 21.6 Å². The predicted molar refractivity (Wildman–Crippen MR) is 129 cm³/mol. The maximum Gasteiger partial charge on any atom is 0.231 e. The Labute approximate surface area is 205 Å². The summed E-state index contributed by atoms with van der Waals surface area (Å²) in [7, 11) is 3.18. The van der Waals surface area contributed by atoms with Gasteiger partial charge in [0.25, 0.3) is 0 Å². The zero-order chi connectivity index (χ0) is 23.9. The third-order valence-electron chi connectivity index (χ3n) is 6.25. The van der Waals surface area contributed by atoms with Gasteiger partial charge in [0.1, 0.15) is 0 Å². The van der Waals surface area contributed by atoms with Crippen LogP contribution in [0.4, 0.5) is 0 Å². The fourth-order valence-electron chi connectivity index (χ4n) is 4.51. The SMILES string of the molecule is COc1ccc(SOc2c(OO)ccc3cc4[n+](cc23)CCc2cc3c(cc2-4)OCO3)cc1OC. The highest BCUT2D eigenvalue weighted by atomic mass is 32.2. The summed E-state index contributed by atoms with van der Waals surface area (Å²) >= 11 is 1.14. The van der Waals surface area contributed by atoms with Crippen LogP contribution in [0.3, 0.4) is 0 Å². The van der Waals surface area contributed by atoms with Crippen LogP contribution in [0, 0.1) is 0 Å². The molecule has 0 bridgehead atoms. The fourth-order valence-corrected chi connectivity index (χ4v) is 5.14. The molecule has 0 saturated carbocycles. The molecule has 4 aromatic rings. The molecule has 1 N–H and O–H groups in total. The van der Waals surface area contributed by atoms with E-state index in [4.69, 9.17) is 23.1 Å². The summed E-state index contributed by atoms with van der Waals surface area (Å²) in [6.45, 7) is 1.04. The molecular weight excluding hydrogens is 470 g/mol. The minimum absolute atomic E-state index is 0.227. The van der Waals surface area contributed by atoms with Crippen molar-refractivity contribution < 1.29 is 37.8 Å². The highest BCUT2D eigenvalue weighted by Gasteiger charge is 2.29. The first kappa shape index (κ1) is 21.7. The third-order valence-corrected chi connectivity index (χ3v) is 6.95. The van der Waals surface area contributed by atoms with E-state index >= 15 is 0 Å². The van der Waals surface area contributed by atoms with Crippen LogP contribution >= 0.6 is 12.0 Å². The number of aryl methyl sites for hydroxylation is 2. The summed E-state index contributed by atoms with van der Waals surface area (Å²) < 4.78 is 30.1. The largest absolute Gasteiger partial charge is 0.493 e. The van der Waals surface area contributed by atoms with E-state index in [9.17, 15) is 5.26 Å². The van der Waals surface area contributed by atoms with Gasteiger partial charge in [0.2, 0.25) is 18.2 Å². The molecule has 0 fully saturated rings. The summed E-state index contributed by atoms with van der Waals surface area (Å²) in [5, 5.41) is 11.3. The molecule has 0 spiro atoms. The number of hydrogen-bond acceptors (Lipinski definition) is 8. The van der Waals surface area contributed by atoms with Crippen molar-refractivity contribution in [2.75, 3.05) is 21.0 Å². The lowest BCUT2D eigenvalue weighted by molar-refractivity contribution is -0.686. The van der Waals surface area contributed by atoms with Gasteiger partial charge in [-0.15, -0.1) is 0 Å². The van der Waals surface area contributed by atoms with E-state index in [0.29, 0.717) is 17.2 Å². The van der Waals surface area contributed by atoms with E-state index in [0.717, 1.165) is 63.4 Å². The smallest absolute Gasteiger partial charge is 0.231 e. The molecule has 3 aromatic carbocycles. The van der Waals surface area contributed by atoms with Crippen LogP contribution < -0.4 is 32.6 Å². The molecule has 1 aromatic heterocycles. The second kappa shape index (κ2) is 8.75. The van der Waals surface area contributed by atoms with Crippen LogP contribution in [-0.4, -0.2) is 26.3 Å². The fraction of sp³-hybridized carbons (Fsp3) is 0.192. The number of methoxy groups -OCH3 is 2. The summed E-state index contributed by atoms with van der Waals surface area (Å²) in [5.41, 5.74) is 3.42. The average molecular weight is 493 g/mol. The van der Waals surface area contributed by atoms with Crippen molar-refractivity contribution >= 4 is 22.8 Å². The summed E-state index contributed by atoms with van der Waals surface area (Å²) in [5.74, 6) is 3.44. The molecule has 0 amide bonds. The van der Waals surface area contributed by atoms with Crippen LogP contribution in [0.15, 0.2) is 59.6 Å². The molecule has 6 rings (SSSR count). The van der Waals surface area contributed by atoms with E-state index in [-0.39, 0.29) is 12.5 Å². The minimum atomic E-state index is 0.227. The van der Waals surface area contributed by atoms with Crippen LogP contribution in [0.5, 0.6) is 34.5 Å². The Balaban J connectivity index is 1.39. The van der Waals surface area contributed by atoms with Gasteiger partial charge in [0.15, 0.2) is 41.5 Å². The van der Waals surface area contributed by atoms with Crippen LogP contribution in [0.1, 0.15) is 5.56 Å². The molecule has 0 atom stereocenters. The molecule has 0 unspecified atom stereocenters. The van der Waals surface area contributed by atoms with Crippen LogP contribution in [0.25, 0.3) is 22.0 Å². The summed E-state index contributed by atoms with van der Waals surface area (Å²) in [6, 6.07) is 15.3. The van der Waals surface area contributed by atoms with Gasteiger partial charge in [0.05, 0.1) is 42.1 Å². The second-order valence-electron chi connectivity index (χ2n) is 8.14. The Morgan fingerprint density at radius 3 is 2.51 bits per heavy atom. The number of benzene rings is 3. The lowest BCUT2D eigenvalue weighted by Gasteiger charge is -2.17. The lowest BCUT2D eigenvalue weighted by atomic mass is 9.95. The number of hydrogen-bond donors (Lipinski definition) is 1. The van der Waals surface area contributed by atoms with Crippen molar-refractivity contribution in [3.05, 3.63) is 60.3 Å². The van der Waals surface area contributed by atoms with Gasteiger partial charge in [-0.1, -0.05) is 0 Å². The van der Waals surface area contributed by atoms with E-state index in [1.54, 1.807) is 20.3 Å². The van der Waals surface area contributed by atoms with Crippen LogP contribution in [-0.2, 0) is 13.0 Å². The van der Waals surface area contributed by atoms with Crippen molar-refractivity contribution in [2.45, 2.75) is 17.9 Å². The van der Waals surface area contributed by atoms with Gasteiger partial charge in [-0.25, -0.2) is 5.26 Å². The predicted octanol–water partition coefficient (Wildman–Crippen LogP) is 5.03. The summed E-state index contributed by atoms with van der Waals surface area (Å²) in [6.07, 6.45) is 2.90. The lowest BCUT2D eigenvalue weighted by Crippen LogP contribution is -2.40. The Hall–Kier alpha value is -3.82. The number of fused-ring (bicyclic) bond motifs is 5. The number of pyridine rings is 1. The van der Waals surface area contributed by atoms with Gasteiger partial charge < -0.3 is 28.0 Å². The van der Waals surface area contributed by atoms with Gasteiger partial charge in [-0.2, -0.15) is 4.57 Å². The molecule has 0 radical (unpaired) electrons. The van der Waals surface area contributed by atoms with Gasteiger partial charge in [-0.05, 0) is 47.3 Å². The zero-order valence-corrected chi connectivity index (χ0v) is 19.9. The Morgan fingerprint density at radius 2 is 1.71 bits per heavy atom. The van der Waals surface area contributed by atoms with E-state index in [1.165, 1.54) is 5.56 Å². The molecule has 2 aliphatic rings. The Bertz CT molecular complexity index is 1460. The molecule has 9 heteroatoms. The van der Waals surface area contributed by atoms with Gasteiger partial charge >= 0.3 is 0 Å². The second-order valence-corrected chi connectivity index (χ2v) is 8.94. The molecule has 0 saturated heterocycles. The quantitative estimate of drug-likeness (QED) is 0.174. The Morgan fingerprint density at radius 1 is 0.914 bits per heavy atom. The third kappa shape index (κ3) is 3.73. The van der Waals surface area contributed by atoms with E-state index < -0.39 is 0 Å². The molecule has 8 nitrogen and oxygen atoms in total. The maximum absolute atomic E-state index is 9.53. The van der Waals surface area contributed by atoms with Crippen LogP contribution in [0.2, 0.25) is 0 Å². The first-order valence-electron chi connectivity index (χ1n) is 11.0. The monoisotopic (exact) mass is 492 g/mol. The molecule has 0 aliphatic carbocycles. The highest BCUT2D eigenvalue weighted by molar-refractivity contribution is 7.95. The molecule has 178 valence electrons. The molecular formula is C26H22NO7S+. The molecule has 2 aliphatic heterocycles.